The van der Waals surface area contributed by atoms with Crippen molar-refractivity contribution in [3.8, 4) is 63.2 Å². The number of methoxy groups -OCH3 is 6. The lowest BCUT2D eigenvalue weighted by molar-refractivity contribution is -0.385. The van der Waals surface area contributed by atoms with E-state index in [9.17, 15) is 20.2 Å². The van der Waals surface area contributed by atoms with Gasteiger partial charge in [0, 0.05) is 82.9 Å². The first-order valence-corrected chi connectivity index (χ1v) is 21.2. The SMILES string of the molecule is COc1cc2nccc(Cl)c2cc1OC.COc1cc2nccc(Oc3ccc(N)cc3)c2cc1OC.COc1cc2nccc(Oc3ccc([N+](=O)[O-])cc3)c2cc1OC.O=[N+]([O-])c1ccc(O)cc1. The number of non-ortho nitro benzene ring substituents is 2. The number of nitrogen functional groups attached to an aromatic ring is 1. The molecule has 0 amide bonds. The van der Waals surface area contributed by atoms with Crippen molar-refractivity contribution in [3.63, 3.8) is 0 Å². The standard InChI is InChI=1S/C17H14N2O5.C17H16N2O3.C11H10ClNO2.C6H5NO3/c1-22-16-9-13-14(10-17(16)23-2)18-8-7-15(13)24-12-5-3-11(4-6-12)19(20)21;1-20-16-9-13-14(10-17(16)21-2)19-8-7-15(13)22-12-5-3-11(18)4-6-12;1-14-10-5-7-8(12)3-4-13-9(7)6-11(10)15-2;8-6-3-1-5(2-4-6)7(9)10/h3-10H,1-2H3;3-10H,18H2,1-2H3;3-6H,1-2H3;1-4,8H. The molecule has 9 rings (SSSR count). The van der Waals surface area contributed by atoms with E-state index in [0.717, 1.165) is 27.2 Å². The number of hydrogen-bond donors (Lipinski definition) is 2. The molecule has 0 unspecified atom stereocenters. The predicted molar refractivity (Wildman–Crippen MR) is 268 cm³/mol. The number of rotatable bonds is 12. The number of fused-ring (bicyclic) bond motifs is 3. The number of nitrogens with zero attached hydrogens (tertiary/aromatic N) is 5. The van der Waals surface area contributed by atoms with Gasteiger partial charge in [-0.2, -0.15) is 0 Å². The van der Waals surface area contributed by atoms with E-state index >= 15 is 0 Å². The number of nitro benzene ring substituents is 2. The van der Waals surface area contributed by atoms with Gasteiger partial charge in [-0.15, -0.1) is 0 Å². The quantitative estimate of drug-likeness (QED) is 0.0656. The number of aromatic hydroxyl groups is 1. The zero-order valence-corrected chi connectivity index (χ0v) is 39.6. The molecular weight excluding hydrogens is 940 g/mol. The van der Waals surface area contributed by atoms with Gasteiger partial charge in [0.25, 0.3) is 11.4 Å². The Bertz CT molecular complexity index is 3270. The van der Waals surface area contributed by atoms with Crippen LogP contribution in [0.25, 0.3) is 32.7 Å². The molecule has 0 saturated carbocycles. The van der Waals surface area contributed by atoms with E-state index in [1.54, 1.807) is 116 Å². The maximum absolute atomic E-state index is 10.7. The normalized spacial score (nSPS) is 10.2. The van der Waals surface area contributed by atoms with Crippen molar-refractivity contribution in [2.24, 2.45) is 0 Å². The van der Waals surface area contributed by atoms with E-state index in [1.807, 2.05) is 36.4 Å². The minimum atomic E-state index is -0.514. The molecule has 0 aliphatic carbocycles. The molecule has 364 valence electrons. The number of phenols is 1. The molecular formula is C51H45ClN6O13. The summed E-state index contributed by atoms with van der Waals surface area (Å²) in [4.78, 5) is 32.6. The fraction of sp³-hybridized carbons (Fsp3) is 0.118. The average Bonchev–Trinajstić information content (AvgIpc) is 3.39. The van der Waals surface area contributed by atoms with Crippen molar-refractivity contribution in [2.75, 3.05) is 48.4 Å². The van der Waals surface area contributed by atoms with Crippen molar-refractivity contribution in [3.05, 3.63) is 171 Å². The van der Waals surface area contributed by atoms with Gasteiger partial charge in [-0.3, -0.25) is 35.2 Å². The van der Waals surface area contributed by atoms with Crippen LogP contribution < -0.4 is 43.6 Å². The highest BCUT2D eigenvalue weighted by molar-refractivity contribution is 6.35. The molecule has 20 heteroatoms. The summed E-state index contributed by atoms with van der Waals surface area (Å²) < 4.78 is 43.3. The average molecular weight is 985 g/mol. The van der Waals surface area contributed by atoms with Gasteiger partial charge in [-0.1, -0.05) is 11.6 Å². The topological polar surface area (TPSA) is 245 Å². The third-order valence-electron chi connectivity index (χ3n) is 10.1. The third kappa shape index (κ3) is 13.0. The first kappa shape index (κ1) is 51.0. The van der Waals surface area contributed by atoms with Gasteiger partial charge in [0.1, 0.15) is 28.7 Å². The first-order valence-electron chi connectivity index (χ1n) is 20.9. The van der Waals surface area contributed by atoms with Crippen molar-refractivity contribution >= 4 is 61.4 Å². The molecule has 0 fully saturated rings. The highest BCUT2D eigenvalue weighted by Gasteiger charge is 2.14. The van der Waals surface area contributed by atoms with Crippen LogP contribution in [-0.4, -0.2) is 72.6 Å². The number of nitro groups is 2. The highest BCUT2D eigenvalue weighted by atomic mass is 35.5. The van der Waals surface area contributed by atoms with Crippen LogP contribution in [0.5, 0.6) is 63.2 Å². The van der Waals surface area contributed by atoms with Crippen LogP contribution >= 0.6 is 11.6 Å². The van der Waals surface area contributed by atoms with Crippen LogP contribution in [0.4, 0.5) is 17.1 Å². The summed E-state index contributed by atoms with van der Waals surface area (Å²) in [7, 11) is 9.49. The molecule has 9 aromatic rings. The number of benzene rings is 6. The molecule has 0 spiro atoms. The van der Waals surface area contributed by atoms with Crippen LogP contribution in [0, 0.1) is 20.2 Å². The Morgan fingerprint density at radius 2 is 0.775 bits per heavy atom. The summed E-state index contributed by atoms with van der Waals surface area (Å²) in [5, 5.41) is 32.6. The molecule has 19 nitrogen and oxygen atoms in total. The fourth-order valence-electron chi connectivity index (χ4n) is 6.51. The van der Waals surface area contributed by atoms with E-state index < -0.39 is 9.85 Å². The van der Waals surface area contributed by atoms with Gasteiger partial charge >= 0.3 is 0 Å². The molecule has 3 heterocycles. The smallest absolute Gasteiger partial charge is 0.269 e. The number of ether oxygens (including phenoxy) is 8. The molecule has 0 radical (unpaired) electrons. The highest BCUT2D eigenvalue weighted by Crippen LogP contribution is 2.39. The molecule has 0 bridgehead atoms. The van der Waals surface area contributed by atoms with Gasteiger partial charge in [-0.25, -0.2) is 0 Å². The van der Waals surface area contributed by atoms with E-state index in [-0.39, 0.29) is 17.1 Å². The first-order chi connectivity index (χ1) is 34.3. The minimum absolute atomic E-state index is 0.00772. The van der Waals surface area contributed by atoms with Crippen LogP contribution in [0.3, 0.4) is 0 Å². The van der Waals surface area contributed by atoms with Crippen LogP contribution in [-0.2, 0) is 0 Å². The Kier molecular flexibility index (Phi) is 17.3. The Labute approximate surface area is 410 Å². The Morgan fingerprint density at radius 1 is 0.451 bits per heavy atom. The summed E-state index contributed by atoms with van der Waals surface area (Å²) in [6, 6.07) is 34.3. The van der Waals surface area contributed by atoms with Gasteiger partial charge < -0.3 is 48.7 Å². The van der Waals surface area contributed by atoms with Gasteiger partial charge in [0.2, 0.25) is 0 Å². The third-order valence-corrected chi connectivity index (χ3v) is 10.4. The Hall–Kier alpha value is -9.36. The predicted octanol–water partition coefficient (Wildman–Crippen LogP) is 11.8. The Morgan fingerprint density at radius 3 is 1.15 bits per heavy atom. The zero-order chi connectivity index (χ0) is 51.0. The lowest BCUT2D eigenvalue weighted by Crippen LogP contribution is -1.93. The van der Waals surface area contributed by atoms with E-state index in [1.165, 1.54) is 36.4 Å². The van der Waals surface area contributed by atoms with E-state index in [4.69, 9.17) is 60.3 Å². The lowest BCUT2D eigenvalue weighted by atomic mass is 10.2. The molecule has 3 aromatic heterocycles. The number of nitrogens with two attached hydrogens (primary N) is 1. The molecule has 71 heavy (non-hydrogen) atoms. The summed E-state index contributed by atoms with van der Waals surface area (Å²) in [5.41, 5.74) is 8.62. The minimum Gasteiger partial charge on any atom is -0.508 e. The Balaban J connectivity index is 0.000000162. The van der Waals surface area contributed by atoms with Gasteiger partial charge in [-0.05, 0) is 84.9 Å². The van der Waals surface area contributed by atoms with E-state index in [0.29, 0.717) is 73.7 Å². The summed E-state index contributed by atoms with van der Waals surface area (Å²) in [6.45, 7) is 0. The second-order valence-corrected chi connectivity index (χ2v) is 14.8. The van der Waals surface area contributed by atoms with Crippen molar-refractivity contribution in [2.45, 2.75) is 0 Å². The molecule has 0 saturated heterocycles. The van der Waals surface area contributed by atoms with Gasteiger partial charge in [0.15, 0.2) is 34.5 Å². The molecule has 0 aliphatic heterocycles. The van der Waals surface area contributed by atoms with Crippen LogP contribution in [0.1, 0.15) is 0 Å². The maximum atomic E-state index is 10.7. The number of pyridine rings is 3. The van der Waals surface area contributed by atoms with Crippen LogP contribution in [0.15, 0.2) is 146 Å². The second-order valence-electron chi connectivity index (χ2n) is 14.4. The number of halogens is 1. The molecule has 0 atom stereocenters. The van der Waals surface area contributed by atoms with Crippen LogP contribution in [0.2, 0.25) is 5.02 Å². The van der Waals surface area contributed by atoms with Crippen molar-refractivity contribution in [1.82, 2.24) is 15.0 Å². The lowest BCUT2D eigenvalue weighted by Gasteiger charge is -2.12. The van der Waals surface area contributed by atoms with Crippen molar-refractivity contribution in [1.29, 1.82) is 0 Å². The number of aromatic nitrogens is 3. The molecule has 3 N–H and O–H groups in total. The molecule has 0 aliphatic rings. The summed E-state index contributed by atoms with van der Waals surface area (Å²) in [6.07, 6.45) is 4.98. The number of hydrogen-bond acceptors (Lipinski definition) is 17. The van der Waals surface area contributed by atoms with E-state index in [2.05, 4.69) is 15.0 Å². The van der Waals surface area contributed by atoms with Crippen molar-refractivity contribution < 1.29 is 52.8 Å². The largest absolute Gasteiger partial charge is 0.508 e. The van der Waals surface area contributed by atoms with Gasteiger partial charge in [0.05, 0.1) is 74.1 Å². The number of phenolic OH excluding ortho intramolecular Hbond substituents is 1. The summed E-state index contributed by atoms with van der Waals surface area (Å²) >= 11 is 6.05. The molecule has 6 aromatic carbocycles. The monoisotopic (exact) mass is 984 g/mol. The number of anilines is 1. The summed E-state index contributed by atoms with van der Waals surface area (Å²) in [5.74, 6) is 6.18. The maximum Gasteiger partial charge on any atom is 0.269 e. The zero-order valence-electron chi connectivity index (χ0n) is 38.9. The fourth-order valence-corrected chi connectivity index (χ4v) is 6.72. The second kappa shape index (κ2) is 24.1.